The molecule has 0 amide bonds. The average Bonchev–Trinajstić information content (AvgIpc) is 2.94. The molecular weight excluding hydrogens is 310 g/mol. The second-order valence-electron chi connectivity index (χ2n) is 6.04. The zero-order valence-electron chi connectivity index (χ0n) is 13.1. The van der Waals surface area contributed by atoms with E-state index in [1.54, 1.807) is 0 Å². The lowest BCUT2D eigenvalue weighted by molar-refractivity contribution is 0.268. The number of fused-ring (bicyclic) bond motifs is 3. The molecule has 0 aliphatic carbocycles. The maximum atomic E-state index is 5.95. The van der Waals surface area contributed by atoms with Crippen molar-refractivity contribution in [1.82, 2.24) is 5.32 Å². The largest absolute Gasteiger partial charge is 0.494 e. The number of hydrogen-bond acceptors (Lipinski definition) is 3. The van der Waals surface area contributed by atoms with Crippen LogP contribution in [-0.4, -0.2) is 19.2 Å². The quantitative estimate of drug-likeness (QED) is 0.737. The summed E-state index contributed by atoms with van der Waals surface area (Å²) in [4.78, 5) is 0. The second-order valence-corrected chi connectivity index (χ2v) is 6.04. The Bertz CT molecular complexity index is 777. The molecule has 2 aromatic carbocycles. The van der Waals surface area contributed by atoms with Crippen LogP contribution in [0.25, 0.3) is 21.9 Å². The predicted molar refractivity (Wildman–Crippen MR) is 96.7 cm³/mol. The molecule has 1 N–H and O–H groups in total. The van der Waals surface area contributed by atoms with Crippen LogP contribution >= 0.6 is 12.4 Å². The Kier molecular flexibility index (Phi) is 5.09. The van der Waals surface area contributed by atoms with Crippen LogP contribution in [0.3, 0.4) is 0 Å². The van der Waals surface area contributed by atoms with Crippen LogP contribution in [0.2, 0.25) is 0 Å². The number of ether oxygens (including phenoxy) is 1. The van der Waals surface area contributed by atoms with E-state index in [0.29, 0.717) is 6.04 Å². The number of nitrogens with one attached hydrogen (secondary N) is 1. The normalized spacial score (nSPS) is 18.0. The SMILES string of the molecule is Cl.c1ccc2c(c1)oc1ccc(OCCC3CCCCN3)cc12. The molecule has 1 unspecified atom stereocenters. The Morgan fingerprint density at radius 2 is 1.91 bits per heavy atom. The first-order chi connectivity index (χ1) is 10.9. The second kappa shape index (κ2) is 7.24. The van der Waals surface area contributed by atoms with Crippen molar-refractivity contribution in [2.45, 2.75) is 31.7 Å². The van der Waals surface area contributed by atoms with Gasteiger partial charge in [0.2, 0.25) is 0 Å². The van der Waals surface area contributed by atoms with E-state index in [1.807, 2.05) is 30.3 Å². The first kappa shape index (κ1) is 16.2. The Balaban J connectivity index is 0.00000156. The molecule has 1 aliphatic rings. The summed E-state index contributed by atoms with van der Waals surface area (Å²) in [7, 11) is 0. The highest BCUT2D eigenvalue weighted by molar-refractivity contribution is 6.05. The number of furan rings is 1. The van der Waals surface area contributed by atoms with Crippen LogP contribution in [0.1, 0.15) is 25.7 Å². The van der Waals surface area contributed by atoms with Gasteiger partial charge >= 0.3 is 0 Å². The molecule has 4 rings (SSSR count). The van der Waals surface area contributed by atoms with Gasteiger partial charge in [-0.25, -0.2) is 0 Å². The third kappa shape index (κ3) is 3.46. The fourth-order valence-electron chi connectivity index (χ4n) is 3.28. The van der Waals surface area contributed by atoms with E-state index < -0.39 is 0 Å². The molecule has 1 atom stereocenters. The van der Waals surface area contributed by atoms with E-state index in [2.05, 4.69) is 17.4 Å². The maximum Gasteiger partial charge on any atom is 0.135 e. The first-order valence-corrected chi connectivity index (χ1v) is 8.18. The van der Waals surface area contributed by atoms with Gasteiger partial charge in [0.1, 0.15) is 16.9 Å². The third-order valence-corrected chi connectivity index (χ3v) is 4.50. The zero-order valence-corrected chi connectivity index (χ0v) is 13.9. The number of halogens is 1. The highest BCUT2D eigenvalue weighted by atomic mass is 35.5. The molecule has 2 heterocycles. The van der Waals surface area contributed by atoms with Gasteiger partial charge in [-0.05, 0) is 50.1 Å². The molecule has 4 heteroatoms. The fourth-order valence-corrected chi connectivity index (χ4v) is 3.28. The summed E-state index contributed by atoms with van der Waals surface area (Å²) >= 11 is 0. The summed E-state index contributed by atoms with van der Waals surface area (Å²) in [5, 5.41) is 5.84. The van der Waals surface area contributed by atoms with Gasteiger partial charge < -0.3 is 14.5 Å². The first-order valence-electron chi connectivity index (χ1n) is 8.18. The highest BCUT2D eigenvalue weighted by Gasteiger charge is 2.12. The molecule has 1 aliphatic heterocycles. The molecule has 0 spiro atoms. The van der Waals surface area contributed by atoms with E-state index in [4.69, 9.17) is 9.15 Å². The topological polar surface area (TPSA) is 34.4 Å². The Hall–Kier alpha value is -1.71. The van der Waals surface area contributed by atoms with Crippen molar-refractivity contribution in [3.05, 3.63) is 42.5 Å². The lowest BCUT2D eigenvalue weighted by Gasteiger charge is -2.23. The summed E-state index contributed by atoms with van der Waals surface area (Å²) in [6.45, 7) is 1.91. The van der Waals surface area contributed by atoms with Crippen molar-refractivity contribution < 1.29 is 9.15 Å². The number of hydrogen-bond donors (Lipinski definition) is 1. The van der Waals surface area contributed by atoms with E-state index in [0.717, 1.165) is 47.3 Å². The minimum Gasteiger partial charge on any atom is -0.494 e. The molecule has 1 saturated heterocycles. The molecule has 1 aromatic heterocycles. The Labute approximate surface area is 142 Å². The number of para-hydroxylation sites is 1. The van der Waals surface area contributed by atoms with Crippen molar-refractivity contribution in [2.24, 2.45) is 0 Å². The lowest BCUT2D eigenvalue weighted by Crippen LogP contribution is -2.35. The zero-order chi connectivity index (χ0) is 14.8. The Morgan fingerprint density at radius 1 is 1.04 bits per heavy atom. The van der Waals surface area contributed by atoms with Crippen LogP contribution in [0, 0.1) is 0 Å². The van der Waals surface area contributed by atoms with Crippen molar-refractivity contribution >= 4 is 34.3 Å². The molecule has 0 bridgehead atoms. The van der Waals surface area contributed by atoms with Crippen LogP contribution in [0.4, 0.5) is 0 Å². The van der Waals surface area contributed by atoms with Crippen LogP contribution in [0.15, 0.2) is 46.9 Å². The molecule has 0 radical (unpaired) electrons. The summed E-state index contributed by atoms with van der Waals surface area (Å²) in [5.74, 6) is 0.926. The molecule has 3 aromatic rings. The van der Waals surface area contributed by atoms with E-state index in [-0.39, 0.29) is 12.4 Å². The van der Waals surface area contributed by atoms with Crippen molar-refractivity contribution in [1.29, 1.82) is 0 Å². The van der Waals surface area contributed by atoms with Gasteiger partial charge in [0.15, 0.2) is 0 Å². The highest BCUT2D eigenvalue weighted by Crippen LogP contribution is 2.31. The van der Waals surface area contributed by atoms with Crippen LogP contribution < -0.4 is 10.1 Å². The molecule has 23 heavy (non-hydrogen) atoms. The van der Waals surface area contributed by atoms with Crippen LogP contribution in [0.5, 0.6) is 5.75 Å². The summed E-state index contributed by atoms with van der Waals surface area (Å²) in [6, 6.07) is 14.9. The van der Waals surface area contributed by atoms with E-state index >= 15 is 0 Å². The minimum atomic E-state index is 0. The fraction of sp³-hybridized carbons (Fsp3) is 0.368. The predicted octanol–water partition coefficient (Wildman–Crippen LogP) is 4.92. The summed E-state index contributed by atoms with van der Waals surface area (Å²) in [6.07, 6.45) is 4.99. The lowest BCUT2D eigenvalue weighted by atomic mass is 10.0. The summed E-state index contributed by atoms with van der Waals surface area (Å²) < 4.78 is 11.8. The average molecular weight is 332 g/mol. The van der Waals surface area contributed by atoms with E-state index in [1.165, 1.54) is 19.3 Å². The minimum absolute atomic E-state index is 0. The van der Waals surface area contributed by atoms with Gasteiger partial charge in [0, 0.05) is 16.8 Å². The summed E-state index contributed by atoms with van der Waals surface area (Å²) in [5.41, 5.74) is 1.85. The number of benzene rings is 2. The van der Waals surface area contributed by atoms with Crippen LogP contribution in [-0.2, 0) is 0 Å². The number of piperidine rings is 1. The van der Waals surface area contributed by atoms with Gasteiger partial charge in [-0.2, -0.15) is 0 Å². The monoisotopic (exact) mass is 331 g/mol. The Morgan fingerprint density at radius 3 is 2.78 bits per heavy atom. The van der Waals surface area contributed by atoms with Gasteiger partial charge in [0.25, 0.3) is 0 Å². The molecule has 1 fully saturated rings. The van der Waals surface area contributed by atoms with E-state index in [9.17, 15) is 0 Å². The van der Waals surface area contributed by atoms with Gasteiger partial charge in [-0.15, -0.1) is 12.4 Å². The molecule has 0 saturated carbocycles. The standard InChI is InChI=1S/C19H21NO2.ClH/c1-2-7-18-16(6-1)17-13-15(8-9-19(17)22-18)21-12-10-14-5-3-4-11-20-14;/h1-2,6-9,13-14,20H,3-5,10-12H2;1H. The van der Waals surface area contributed by atoms with Crippen molar-refractivity contribution in [3.63, 3.8) is 0 Å². The van der Waals surface area contributed by atoms with Gasteiger partial charge in [0.05, 0.1) is 6.61 Å². The molecule has 122 valence electrons. The smallest absolute Gasteiger partial charge is 0.135 e. The van der Waals surface area contributed by atoms with Crippen molar-refractivity contribution in [2.75, 3.05) is 13.2 Å². The van der Waals surface area contributed by atoms with Crippen molar-refractivity contribution in [3.8, 4) is 5.75 Å². The molecule has 3 nitrogen and oxygen atoms in total. The van der Waals surface area contributed by atoms with Gasteiger partial charge in [-0.3, -0.25) is 0 Å². The maximum absolute atomic E-state index is 5.95. The number of rotatable bonds is 4. The third-order valence-electron chi connectivity index (χ3n) is 4.50. The van der Waals surface area contributed by atoms with Gasteiger partial charge in [-0.1, -0.05) is 24.6 Å². The molecular formula is C19H22ClNO2.